The first-order valence-corrected chi connectivity index (χ1v) is 6.57. The van der Waals surface area contributed by atoms with Gasteiger partial charge in [0.15, 0.2) is 11.4 Å². The number of nitrogens with one attached hydrogen (secondary N) is 3. The number of aromatic hydroxyl groups is 1. The van der Waals surface area contributed by atoms with Crippen molar-refractivity contribution < 1.29 is 14.7 Å². The maximum Gasteiger partial charge on any atom is 0.272 e. The summed E-state index contributed by atoms with van der Waals surface area (Å²) in [6.45, 7) is 0.0883. The van der Waals surface area contributed by atoms with Gasteiger partial charge in [0, 0.05) is 18.8 Å². The molecule has 1 aromatic heterocycles. The van der Waals surface area contributed by atoms with Crippen molar-refractivity contribution in [1.29, 1.82) is 0 Å². The molecule has 7 nitrogen and oxygen atoms in total. The second kappa shape index (κ2) is 8.60. The molecule has 122 valence electrons. The number of pyridine rings is 1. The van der Waals surface area contributed by atoms with Crippen molar-refractivity contribution in [3.8, 4) is 5.75 Å². The van der Waals surface area contributed by atoms with Crippen molar-refractivity contribution >= 4 is 24.2 Å². The SMILES string of the molecule is Cl.O=C(CNC(=O)c1[nH]ccc(=O)c1O)NCc1ccccc1. The zero-order valence-corrected chi connectivity index (χ0v) is 12.9. The van der Waals surface area contributed by atoms with Gasteiger partial charge in [0.2, 0.25) is 11.3 Å². The van der Waals surface area contributed by atoms with Crippen molar-refractivity contribution in [1.82, 2.24) is 15.6 Å². The molecule has 0 saturated carbocycles. The van der Waals surface area contributed by atoms with Crippen LogP contribution in [0.4, 0.5) is 0 Å². The van der Waals surface area contributed by atoms with E-state index < -0.39 is 17.1 Å². The fraction of sp³-hybridized carbons (Fsp3) is 0.133. The lowest BCUT2D eigenvalue weighted by Crippen LogP contribution is -2.37. The largest absolute Gasteiger partial charge is 0.503 e. The first kappa shape index (κ1) is 18.2. The maximum atomic E-state index is 11.8. The Morgan fingerprint density at radius 2 is 1.78 bits per heavy atom. The fourth-order valence-corrected chi connectivity index (χ4v) is 1.75. The number of carbonyl (C=O) groups is 2. The van der Waals surface area contributed by atoms with Gasteiger partial charge in [-0.2, -0.15) is 0 Å². The summed E-state index contributed by atoms with van der Waals surface area (Å²) in [6.07, 6.45) is 1.24. The molecule has 8 heteroatoms. The number of hydrogen-bond acceptors (Lipinski definition) is 4. The van der Waals surface area contributed by atoms with Crippen LogP contribution in [0.1, 0.15) is 16.1 Å². The molecular formula is C15H16ClN3O4. The van der Waals surface area contributed by atoms with Gasteiger partial charge in [0.25, 0.3) is 5.91 Å². The van der Waals surface area contributed by atoms with Gasteiger partial charge >= 0.3 is 0 Å². The lowest BCUT2D eigenvalue weighted by atomic mass is 10.2. The van der Waals surface area contributed by atoms with Gasteiger partial charge in [0.1, 0.15) is 0 Å². The summed E-state index contributed by atoms with van der Waals surface area (Å²) in [4.78, 5) is 37.1. The minimum atomic E-state index is -0.731. The number of aromatic amines is 1. The Morgan fingerprint density at radius 1 is 1.09 bits per heavy atom. The second-order valence-electron chi connectivity index (χ2n) is 4.51. The lowest BCUT2D eigenvalue weighted by molar-refractivity contribution is -0.120. The van der Waals surface area contributed by atoms with E-state index in [1.165, 1.54) is 6.20 Å². The Morgan fingerprint density at radius 3 is 2.48 bits per heavy atom. The number of aromatic nitrogens is 1. The van der Waals surface area contributed by atoms with Crippen LogP contribution in [0.15, 0.2) is 47.4 Å². The number of rotatable bonds is 5. The topological polar surface area (TPSA) is 111 Å². The molecule has 0 aliphatic carbocycles. The number of amides is 2. The number of carbonyl (C=O) groups excluding carboxylic acids is 2. The highest BCUT2D eigenvalue weighted by molar-refractivity contribution is 5.96. The molecule has 0 bridgehead atoms. The Bertz CT molecular complexity index is 731. The fourth-order valence-electron chi connectivity index (χ4n) is 1.75. The Hall–Kier alpha value is -2.80. The lowest BCUT2D eigenvalue weighted by Gasteiger charge is -2.07. The average Bonchev–Trinajstić information content (AvgIpc) is 2.54. The molecule has 0 spiro atoms. The third-order valence-electron chi connectivity index (χ3n) is 2.90. The van der Waals surface area contributed by atoms with Crippen molar-refractivity contribution in [3.05, 3.63) is 64.1 Å². The molecule has 0 unspecified atom stereocenters. The number of hydrogen-bond donors (Lipinski definition) is 4. The predicted molar refractivity (Wildman–Crippen MR) is 86.6 cm³/mol. The van der Waals surface area contributed by atoms with E-state index in [2.05, 4.69) is 15.6 Å². The summed E-state index contributed by atoms with van der Waals surface area (Å²) >= 11 is 0. The summed E-state index contributed by atoms with van der Waals surface area (Å²) in [5.41, 5.74) is -0.00648. The van der Waals surface area contributed by atoms with Gasteiger partial charge in [-0.05, 0) is 5.56 Å². The van der Waals surface area contributed by atoms with Gasteiger partial charge in [-0.25, -0.2) is 0 Å². The Labute approximate surface area is 138 Å². The zero-order valence-electron chi connectivity index (χ0n) is 12.0. The summed E-state index contributed by atoms with van der Waals surface area (Å²) in [5.74, 6) is -1.79. The van der Waals surface area contributed by atoms with Crippen LogP contribution < -0.4 is 16.1 Å². The molecule has 0 saturated heterocycles. The quantitative estimate of drug-likeness (QED) is 0.638. The van der Waals surface area contributed by atoms with Crippen LogP contribution in [0.5, 0.6) is 5.75 Å². The van der Waals surface area contributed by atoms with Gasteiger partial charge in [-0.15, -0.1) is 12.4 Å². The Kier molecular flexibility index (Phi) is 6.82. The number of halogens is 1. The van der Waals surface area contributed by atoms with Crippen LogP contribution >= 0.6 is 12.4 Å². The minimum Gasteiger partial charge on any atom is -0.503 e. The summed E-state index contributed by atoms with van der Waals surface area (Å²) in [5, 5.41) is 14.4. The van der Waals surface area contributed by atoms with Crippen LogP contribution in [0.3, 0.4) is 0 Å². The van der Waals surface area contributed by atoms with Gasteiger partial charge in [-0.3, -0.25) is 14.4 Å². The standard InChI is InChI=1S/C15H15N3O4.ClH/c19-11-6-7-16-13(14(11)21)15(22)18-9-12(20)17-8-10-4-2-1-3-5-10;/h1-7,21H,8-9H2,(H,16,19)(H,17,20)(H,18,22);1H. The van der Waals surface area contributed by atoms with Gasteiger partial charge < -0.3 is 20.7 Å². The number of H-pyrrole nitrogens is 1. The van der Waals surface area contributed by atoms with Crippen LogP contribution in [0.25, 0.3) is 0 Å². The monoisotopic (exact) mass is 337 g/mol. The molecule has 2 aromatic rings. The molecule has 0 atom stereocenters. The van der Waals surface area contributed by atoms with E-state index in [0.29, 0.717) is 6.54 Å². The molecule has 0 fully saturated rings. The van der Waals surface area contributed by atoms with Crippen LogP contribution in [0, 0.1) is 0 Å². The van der Waals surface area contributed by atoms with Crippen molar-refractivity contribution in [2.24, 2.45) is 0 Å². The van der Waals surface area contributed by atoms with Crippen molar-refractivity contribution in [3.63, 3.8) is 0 Å². The highest BCUT2D eigenvalue weighted by Gasteiger charge is 2.14. The predicted octanol–water partition coefficient (Wildman–Crippen LogP) is 0.548. The van der Waals surface area contributed by atoms with Crippen LogP contribution in [-0.2, 0) is 11.3 Å². The molecule has 1 heterocycles. The average molecular weight is 338 g/mol. The molecule has 4 N–H and O–H groups in total. The molecule has 2 amide bonds. The normalized spacial score (nSPS) is 9.57. The van der Waals surface area contributed by atoms with E-state index in [1.807, 2.05) is 30.3 Å². The van der Waals surface area contributed by atoms with E-state index in [4.69, 9.17) is 0 Å². The van der Waals surface area contributed by atoms with Gasteiger partial charge in [0.05, 0.1) is 6.54 Å². The zero-order chi connectivity index (χ0) is 15.9. The highest BCUT2D eigenvalue weighted by Crippen LogP contribution is 2.05. The molecule has 23 heavy (non-hydrogen) atoms. The summed E-state index contributed by atoms with van der Waals surface area (Å²) in [7, 11) is 0. The van der Waals surface area contributed by atoms with Crippen LogP contribution in [0.2, 0.25) is 0 Å². The van der Waals surface area contributed by atoms with Gasteiger partial charge in [-0.1, -0.05) is 30.3 Å². The van der Waals surface area contributed by atoms with Crippen LogP contribution in [-0.4, -0.2) is 28.4 Å². The molecule has 1 aromatic carbocycles. The van der Waals surface area contributed by atoms with E-state index in [1.54, 1.807) is 0 Å². The first-order valence-electron chi connectivity index (χ1n) is 6.57. The van der Waals surface area contributed by atoms with Crippen molar-refractivity contribution in [2.45, 2.75) is 6.54 Å². The third kappa shape index (κ3) is 5.15. The highest BCUT2D eigenvalue weighted by atomic mass is 35.5. The molecule has 0 aliphatic heterocycles. The summed E-state index contributed by atoms with van der Waals surface area (Å²) < 4.78 is 0. The van der Waals surface area contributed by atoms with E-state index >= 15 is 0 Å². The van der Waals surface area contributed by atoms with E-state index in [-0.39, 0.29) is 30.6 Å². The van der Waals surface area contributed by atoms with E-state index in [0.717, 1.165) is 11.6 Å². The molecule has 0 aliphatic rings. The number of benzene rings is 1. The first-order chi connectivity index (χ1) is 10.6. The third-order valence-corrected chi connectivity index (χ3v) is 2.90. The van der Waals surface area contributed by atoms with Crippen molar-refractivity contribution in [2.75, 3.05) is 6.54 Å². The Balaban J connectivity index is 0.00000264. The maximum absolute atomic E-state index is 11.8. The molecule has 2 rings (SSSR count). The minimum absolute atomic E-state index is 0. The smallest absolute Gasteiger partial charge is 0.272 e. The van der Waals surface area contributed by atoms with E-state index in [9.17, 15) is 19.5 Å². The molecule has 0 radical (unpaired) electrons. The molecular weight excluding hydrogens is 322 g/mol. The summed E-state index contributed by atoms with van der Waals surface area (Å²) in [6, 6.07) is 10.4. The second-order valence-corrected chi connectivity index (χ2v) is 4.51.